The normalized spacial score (nSPS) is 23.7. The molecule has 0 aromatic rings. The Kier molecular flexibility index (Phi) is 7.18. The zero-order valence-electron chi connectivity index (χ0n) is 11.4. The number of rotatable bonds is 7. The molecular formula is C15H25NOS. The molecule has 1 rings (SSSR count). The molecule has 3 heteroatoms. The smallest absolute Gasteiger partial charge is 0.223 e. The first-order chi connectivity index (χ1) is 8.71. The number of amides is 1. The van der Waals surface area contributed by atoms with E-state index in [4.69, 9.17) is 0 Å². The van der Waals surface area contributed by atoms with E-state index in [9.17, 15) is 4.79 Å². The number of carbonyl (C=O) groups excluding carboxylic acids is 1. The summed E-state index contributed by atoms with van der Waals surface area (Å²) in [4.78, 5) is 12.2. The molecule has 18 heavy (non-hydrogen) atoms. The van der Waals surface area contributed by atoms with Crippen molar-refractivity contribution in [1.29, 1.82) is 0 Å². The maximum atomic E-state index is 12.2. The van der Waals surface area contributed by atoms with Crippen LogP contribution in [0, 0.1) is 5.92 Å². The van der Waals surface area contributed by atoms with Crippen LogP contribution < -0.4 is 5.32 Å². The second-order valence-corrected chi connectivity index (χ2v) is 6.11. The minimum atomic E-state index is 0.00894. The van der Waals surface area contributed by atoms with Crippen LogP contribution in [0.2, 0.25) is 0 Å². The Morgan fingerprint density at radius 2 is 2.06 bits per heavy atom. The van der Waals surface area contributed by atoms with Gasteiger partial charge in [0.1, 0.15) is 0 Å². The van der Waals surface area contributed by atoms with Gasteiger partial charge in [-0.15, -0.1) is 13.2 Å². The van der Waals surface area contributed by atoms with Gasteiger partial charge >= 0.3 is 0 Å². The Hall–Kier alpha value is -0.700. The number of hydrogen-bond acceptors (Lipinski definition) is 2. The van der Waals surface area contributed by atoms with E-state index in [-0.39, 0.29) is 11.8 Å². The molecular weight excluding hydrogens is 242 g/mol. The van der Waals surface area contributed by atoms with Crippen molar-refractivity contribution in [2.45, 2.75) is 49.8 Å². The molecule has 0 unspecified atom stereocenters. The number of carbonyl (C=O) groups is 1. The third kappa shape index (κ3) is 4.89. The third-order valence-electron chi connectivity index (χ3n) is 3.58. The van der Waals surface area contributed by atoms with Crippen molar-refractivity contribution in [3.05, 3.63) is 25.3 Å². The van der Waals surface area contributed by atoms with Gasteiger partial charge in [-0.05, 0) is 38.4 Å². The summed E-state index contributed by atoms with van der Waals surface area (Å²) in [6, 6.07) is 0.362. The number of allylic oxidation sites excluding steroid dienone is 2. The summed E-state index contributed by atoms with van der Waals surface area (Å²) in [5.74, 6) is 0.177. The summed E-state index contributed by atoms with van der Waals surface area (Å²) in [6.07, 6.45) is 12.0. The van der Waals surface area contributed by atoms with Gasteiger partial charge in [0.2, 0.25) is 5.91 Å². The fraction of sp³-hybridized carbons (Fsp3) is 0.667. The molecule has 0 radical (unpaired) electrons. The summed E-state index contributed by atoms with van der Waals surface area (Å²) in [6.45, 7) is 7.44. The molecule has 2 nitrogen and oxygen atoms in total. The van der Waals surface area contributed by atoms with Crippen LogP contribution in [0.1, 0.15) is 38.5 Å². The molecule has 1 N–H and O–H groups in total. The van der Waals surface area contributed by atoms with E-state index in [0.717, 1.165) is 25.7 Å². The lowest BCUT2D eigenvalue weighted by molar-refractivity contribution is -0.125. The predicted molar refractivity (Wildman–Crippen MR) is 80.8 cm³/mol. The van der Waals surface area contributed by atoms with Crippen molar-refractivity contribution >= 4 is 17.7 Å². The lowest BCUT2D eigenvalue weighted by Crippen LogP contribution is -2.42. The molecule has 0 saturated heterocycles. The molecule has 2 atom stereocenters. The standard InChI is InChI=1S/C15H25NOS/c1-4-7-12(8-5-2)15(17)16-13-9-6-10-14(11-13)18-3/h4-5,12-14H,1-2,6-11H2,3H3,(H,16,17)/t13-,14+/m1/s1. The first kappa shape index (κ1) is 15.4. The van der Waals surface area contributed by atoms with Gasteiger partial charge in [0.05, 0.1) is 0 Å². The molecule has 1 fully saturated rings. The Labute approximate surface area is 115 Å². The molecule has 0 heterocycles. The molecule has 0 spiro atoms. The van der Waals surface area contributed by atoms with Gasteiger partial charge in [-0.3, -0.25) is 4.79 Å². The topological polar surface area (TPSA) is 29.1 Å². The summed E-state index contributed by atoms with van der Waals surface area (Å²) in [5, 5.41) is 3.91. The molecule has 0 bridgehead atoms. The van der Waals surface area contributed by atoms with Crippen molar-refractivity contribution in [2.75, 3.05) is 6.26 Å². The summed E-state index contributed by atoms with van der Waals surface area (Å²) in [7, 11) is 0. The second kappa shape index (κ2) is 8.41. The summed E-state index contributed by atoms with van der Waals surface area (Å²) in [5.41, 5.74) is 0. The van der Waals surface area contributed by atoms with E-state index in [1.165, 1.54) is 12.8 Å². The third-order valence-corrected chi connectivity index (χ3v) is 4.67. The monoisotopic (exact) mass is 267 g/mol. The van der Waals surface area contributed by atoms with Gasteiger partial charge in [-0.1, -0.05) is 18.6 Å². The van der Waals surface area contributed by atoms with Crippen molar-refractivity contribution in [3.63, 3.8) is 0 Å². The molecule has 102 valence electrons. The molecule has 0 aliphatic heterocycles. The maximum Gasteiger partial charge on any atom is 0.223 e. The van der Waals surface area contributed by atoms with Crippen LogP contribution in [-0.4, -0.2) is 23.5 Å². The van der Waals surface area contributed by atoms with Gasteiger partial charge in [0, 0.05) is 17.2 Å². The Balaban J connectivity index is 2.45. The van der Waals surface area contributed by atoms with Gasteiger partial charge < -0.3 is 5.32 Å². The maximum absolute atomic E-state index is 12.2. The van der Waals surface area contributed by atoms with Gasteiger partial charge in [0.15, 0.2) is 0 Å². The van der Waals surface area contributed by atoms with Gasteiger partial charge in [-0.2, -0.15) is 11.8 Å². The van der Waals surface area contributed by atoms with Crippen molar-refractivity contribution in [2.24, 2.45) is 5.92 Å². The zero-order chi connectivity index (χ0) is 13.4. The van der Waals surface area contributed by atoms with Gasteiger partial charge in [-0.25, -0.2) is 0 Å². The average Bonchev–Trinajstić information content (AvgIpc) is 2.38. The largest absolute Gasteiger partial charge is 0.353 e. The summed E-state index contributed by atoms with van der Waals surface area (Å²) >= 11 is 1.92. The molecule has 1 aliphatic carbocycles. The van der Waals surface area contributed by atoms with Crippen LogP contribution in [0.15, 0.2) is 25.3 Å². The van der Waals surface area contributed by atoms with E-state index in [2.05, 4.69) is 24.7 Å². The predicted octanol–water partition coefficient (Wildman–Crippen LogP) is 3.55. The fourth-order valence-electron chi connectivity index (χ4n) is 2.52. The highest BCUT2D eigenvalue weighted by Gasteiger charge is 2.24. The molecule has 1 saturated carbocycles. The average molecular weight is 267 g/mol. The van der Waals surface area contributed by atoms with Crippen LogP contribution in [0.4, 0.5) is 0 Å². The van der Waals surface area contributed by atoms with E-state index >= 15 is 0 Å². The van der Waals surface area contributed by atoms with Crippen LogP contribution >= 0.6 is 11.8 Å². The van der Waals surface area contributed by atoms with Crippen molar-refractivity contribution in [1.82, 2.24) is 5.32 Å². The highest BCUT2D eigenvalue weighted by atomic mass is 32.2. The van der Waals surface area contributed by atoms with E-state index in [0.29, 0.717) is 11.3 Å². The number of nitrogens with one attached hydrogen (secondary N) is 1. The summed E-state index contributed by atoms with van der Waals surface area (Å²) < 4.78 is 0. The minimum absolute atomic E-state index is 0.00894. The van der Waals surface area contributed by atoms with E-state index < -0.39 is 0 Å². The van der Waals surface area contributed by atoms with E-state index in [1.54, 1.807) is 0 Å². The first-order valence-electron chi connectivity index (χ1n) is 6.76. The SMILES string of the molecule is C=CCC(CC=C)C(=O)N[C@@H]1CCC[C@H](SC)C1. The quantitative estimate of drug-likeness (QED) is 0.715. The van der Waals surface area contributed by atoms with Crippen molar-refractivity contribution in [3.8, 4) is 0 Å². The second-order valence-electron chi connectivity index (χ2n) is 4.98. The zero-order valence-corrected chi connectivity index (χ0v) is 12.2. The highest BCUT2D eigenvalue weighted by molar-refractivity contribution is 7.99. The van der Waals surface area contributed by atoms with E-state index in [1.807, 2.05) is 23.9 Å². The van der Waals surface area contributed by atoms with Crippen molar-refractivity contribution < 1.29 is 4.79 Å². The molecule has 0 aromatic heterocycles. The number of hydrogen-bond donors (Lipinski definition) is 1. The lowest BCUT2D eigenvalue weighted by Gasteiger charge is -2.29. The Morgan fingerprint density at radius 3 is 2.61 bits per heavy atom. The van der Waals surface area contributed by atoms with Crippen LogP contribution in [0.5, 0.6) is 0 Å². The van der Waals surface area contributed by atoms with Crippen LogP contribution in [0.3, 0.4) is 0 Å². The first-order valence-corrected chi connectivity index (χ1v) is 8.05. The molecule has 0 aromatic carbocycles. The van der Waals surface area contributed by atoms with Gasteiger partial charge in [0.25, 0.3) is 0 Å². The van der Waals surface area contributed by atoms with Crippen LogP contribution in [0.25, 0.3) is 0 Å². The fourth-order valence-corrected chi connectivity index (χ4v) is 3.35. The number of thioether (sulfide) groups is 1. The Morgan fingerprint density at radius 1 is 1.39 bits per heavy atom. The molecule has 1 aliphatic rings. The lowest BCUT2D eigenvalue weighted by atomic mass is 9.93. The molecule has 1 amide bonds. The minimum Gasteiger partial charge on any atom is -0.353 e. The highest BCUT2D eigenvalue weighted by Crippen LogP contribution is 2.27. The Bertz CT molecular complexity index is 280. The van der Waals surface area contributed by atoms with Crippen LogP contribution in [-0.2, 0) is 4.79 Å².